The Morgan fingerprint density at radius 3 is 2.65 bits per heavy atom. The van der Waals surface area contributed by atoms with Gasteiger partial charge in [-0.15, -0.1) is 0 Å². The van der Waals surface area contributed by atoms with Gasteiger partial charge < -0.3 is 25.3 Å². The molecule has 37 heavy (non-hydrogen) atoms. The molecule has 1 aliphatic heterocycles. The number of ether oxygens (including phenoxy) is 1. The number of nitrogens with one attached hydrogen (secondary N) is 2. The summed E-state index contributed by atoms with van der Waals surface area (Å²) in [5.41, 5.74) is 0.821. The number of carboxylic acids is 1. The maximum absolute atomic E-state index is 14.1. The van der Waals surface area contributed by atoms with E-state index in [9.17, 15) is 23.8 Å². The number of piperidine rings is 1. The van der Waals surface area contributed by atoms with E-state index >= 15 is 0 Å². The number of methoxy groups -OCH3 is 1. The third-order valence-corrected chi connectivity index (χ3v) is 8.11. The Kier molecular flexibility index (Phi) is 6.03. The molecule has 1 spiro atoms. The van der Waals surface area contributed by atoms with Crippen LogP contribution in [0.3, 0.4) is 0 Å². The molecule has 7 nitrogen and oxygen atoms in total. The van der Waals surface area contributed by atoms with Gasteiger partial charge in [0.1, 0.15) is 19.2 Å². The van der Waals surface area contributed by atoms with Crippen LogP contribution in [0.5, 0.6) is 5.75 Å². The highest BCUT2D eigenvalue weighted by atomic mass is 19.3. The Balaban J connectivity index is 1.65. The summed E-state index contributed by atoms with van der Waals surface area (Å²) in [6.07, 6.45) is 2.12. The molecule has 2 aromatic carbocycles. The number of likely N-dealkylation sites (tertiary alicyclic amines) is 1. The highest BCUT2D eigenvalue weighted by molar-refractivity contribution is 6.16. The molecule has 194 valence electrons. The number of rotatable bonds is 6. The van der Waals surface area contributed by atoms with Crippen molar-refractivity contribution in [3.05, 3.63) is 58.8 Å². The first-order valence-corrected chi connectivity index (χ1v) is 12.3. The van der Waals surface area contributed by atoms with Crippen molar-refractivity contribution in [3.8, 4) is 5.75 Å². The number of anilines is 1. The number of fused-ring (bicyclic) bond motifs is 1. The molecule has 2 heterocycles. The van der Waals surface area contributed by atoms with Gasteiger partial charge in [-0.1, -0.05) is 6.07 Å². The number of carbonyl (C=O) groups is 1. The molecule has 10 heteroatoms. The molecule has 2 unspecified atom stereocenters. The minimum Gasteiger partial charge on any atom is -0.496 e. The van der Waals surface area contributed by atoms with E-state index in [1.807, 2.05) is 13.0 Å². The molecule has 0 amide bonds. The lowest BCUT2D eigenvalue weighted by molar-refractivity contribution is -0.202. The van der Waals surface area contributed by atoms with Crippen molar-refractivity contribution >= 4 is 30.4 Å². The Hall–Kier alpha value is -3.11. The zero-order valence-corrected chi connectivity index (χ0v) is 21.1. The van der Waals surface area contributed by atoms with E-state index in [-0.39, 0.29) is 24.9 Å². The van der Waals surface area contributed by atoms with Gasteiger partial charge >= 0.3 is 5.97 Å². The molecule has 1 saturated heterocycles. The van der Waals surface area contributed by atoms with E-state index in [1.165, 1.54) is 19.2 Å². The smallest absolute Gasteiger partial charge is 0.335 e. The van der Waals surface area contributed by atoms with E-state index in [1.54, 1.807) is 30.3 Å². The van der Waals surface area contributed by atoms with Crippen LogP contribution in [0.4, 0.5) is 14.5 Å². The van der Waals surface area contributed by atoms with Gasteiger partial charge in [-0.05, 0) is 60.6 Å². The predicted octanol–water partition coefficient (Wildman–Crippen LogP) is 4.75. The molecule has 2 radical (unpaired) electrons. The summed E-state index contributed by atoms with van der Waals surface area (Å²) in [6.45, 7) is 2.19. The van der Waals surface area contributed by atoms with Crippen molar-refractivity contribution in [3.63, 3.8) is 0 Å². The number of H-pyrrole nitrogens is 1. The number of nitrogens with zero attached hydrogens (tertiary/aromatic N) is 1. The fraction of sp³-hybridized carbons (Fsp3) is 0.444. The number of hydrogen-bond acceptors (Lipinski definition) is 5. The maximum atomic E-state index is 14.1. The molecule has 2 atom stereocenters. The van der Waals surface area contributed by atoms with Crippen molar-refractivity contribution in [2.45, 2.75) is 50.2 Å². The highest BCUT2D eigenvalue weighted by Gasteiger charge is 2.60. The third kappa shape index (κ3) is 4.16. The normalized spacial score (nSPS) is 22.4. The molecule has 1 saturated carbocycles. The zero-order valence-electron chi connectivity index (χ0n) is 21.1. The van der Waals surface area contributed by atoms with Gasteiger partial charge in [0.15, 0.2) is 0 Å². The summed E-state index contributed by atoms with van der Waals surface area (Å²) >= 11 is 0. The summed E-state index contributed by atoms with van der Waals surface area (Å²) in [7, 11) is 9.97. The number of benzene rings is 2. The van der Waals surface area contributed by atoms with Gasteiger partial charge in [-0.2, -0.15) is 0 Å². The second kappa shape index (κ2) is 8.73. The van der Waals surface area contributed by atoms with Crippen LogP contribution in [0.2, 0.25) is 0 Å². The lowest BCUT2D eigenvalue weighted by Crippen LogP contribution is -2.58. The second-order valence-electron chi connectivity index (χ2n) is 10.5. The monoisotopic (exact) mass is 509 g/mol. The Morgan fingerprint density at radius 1 is 1.30 bits per heavy atom. The number of alkyl halides is 2. The average Bonchev–Trinajstić information content (AvgIpc) is 3.32. The molecule has 1 aromatic heterocycles. The topological polar surface area (TPSA) is 97.8 Å². The number of aromatic amines is 1. The summed E-state index contributed by atoms with van der Waals surface area (Å²) in [5.74, 6) is -3.37. The molecule has 2 fully saturated rings. The van der Waals surface area contributed by atoms with E-state index in [2.05, 4.69) is 10.3 Å². The quantitative estimate of drug-likeness (QED) is 0.358. The largest absolute Gasteiger partial charge is 0.496 e. The summed E-state index contributed by atoms with van der Waals surface area (Å²) in [4.78, 5) is 16.5. The minimum absolute atomic E-state index is 0.0950. The number of aliphatic hydroxyl groups is 1. The Labute approximate surface area is 215 Å². The SMILES string of the molecule is [B]C(O)(c1c(OC)cc(C)c2[nH]ccc12)N1CCC2(CC1c1ccc(C(=O)O)cc1NC)CC(F)(F)C2. The molecule has 5 rings (SSSR count). The Morgan fingerprint density at radius 2 is 2.03 bits per heavy atom. The van der Waals surface area contributed by atoms with Crippen LogP contribution in [0.15, 0.2) is 36.5 Å². The summed E-state index contributed by atoms with van der Waals surface area (Å²) < 4.78 is 33.8. The van der Waals surface area contributed by atoms with E-state index in [4.69, 9.17) is 12.6 Å². The number of aryl methyl sites for hydroxylation is 1. The molecule has 3 aromatic rings. The average molecular weight is 509 g/mol. The standard InChI is InChI=1S/C27H30BF2N3O4/c1-15-10-21(37-3)22(18-6-8-32-23(15)18)27(28,36)33-9-7-25(13-26(29,30)14-25)12-20(33)17-5-4-16(24(34)35)11-19(17)31-2/h4-6,8,10-11,20,31-32,36H,7,9,12-14H2,1-3H3,(H,34,35). The lowest BCUT2D eigenvalue weighted by atomic mass is 9.58. The first kappa shape index (κ1) is 25.5. The molecular weight excluding hydrogens is 479 g/mol. The molecule has 0 bridgehead atoms. The van der Waals surface area contributed by atoms with Gasteiger partial charge in [-0.3, -0.25) is 4.90 Å². The third-order valence-electron chi connectivity index (χ3n) is 8.11. The summed E-state index contributed by atoms with van der Waals surface area (Å²) in [5, 5.41) is 25.3. The Bertz CT molecular complexity index is 1370. The van der Waals surface area contributed by atoms with Crippen LogP contribution in [-0.4, -0.2) is 60.5 Å². The van der Waals surface area contributed by atoms with Crippen LogP contribution in [-0.2, 0) is 5.62 Å². The van der Waals surface area contributed by atoms with E-state index < -0.39 is 29.0 Å². The fourth-order valence-electron chi connectivity index (χ4n) is 6.45. The lowest BCUT2D eigenvalue weighted by Gasteiger charge is -2.57. The van der Waals surface area contributed by atoms with Crippen molar-refractivity contribution in [1.82, 2.24) is 9.88 Å². The first-order valence-electron chi connectivity index (χ1n) is 12.3. The number of aromatic nitrogens is 1. The van der Waals surface area contributed by atoms with Crippen LogP contribution < -0.4 is 10.1 Å². The predicted molar refractivity (Wildman–Crippen MR) is 137 cm³/mol. The highest BCUT2D eigenvalue weighted by Crippen LogP contribution is 2.62. The van der Waals surface area contributed by atoms with Gasteiger partial charge in [0.05, 0.1) is 12.7 Å². The van der Waals surface area contributed by atoms with E-state index in [0.29, 0.717) is 40.8 Å². The molecule has 2 aliphatic rings. The molecule has 1 aliphatic carbocycles. The van der Waals surface area contributed by atoms with Crippen LogP contribution in [0.25, 0.3) is 10.9 Å². The number of halogens is 2. The number of hydrogen-bond donors (Lipinski definition) is 4. The fourth-order valence-corrected chi connectivity index (χ4v) is 6.45. The van der Waals surface area contributed by atoms with Crippen molar-refractivity contribution < 1.29 is 28.5 Å². The van der Waals surface area contributed by atoms with Crippen molar-refractivity contribution in [2.75, 3.05) is 26.0 Å². The van der Waals surface area contributed by atoms with Gasteiger partial charge in [-0.25, -0.2) is 13.6 Å². The number of carboxylic acid groups (broad SMARTS) is 1. The van der Waals surface area contributed by atoms with Crippen LogP contribution in [0, 0.1) is 12.3 Å². The van der Waals surface area contributed by atoms with Crippen molar-refractivity contribution in [2.24, 2.45) is 5.41 Å². The van der Waals surface area contributed by atoms with Crippen molar-refractivity contribution in [1.29, 1.82) is 0 Å². The molecule has 4 N–H and O–H groups in total. The second-order valence-corrected chi connectivity index (χ2v) is 10.5. The summed E-state index contributed by atoms with van der Waals surface area (Å²) in [6, 6.07) is 7.74. The zero-order chi connectivity index (χ0) is 26.8. The van der Waals surface area contributed by atoms with Gasteiger partial charge in [0, 0.05) is 60.8 Å². The van der Waals surface area contributed by atoms with Crippen LogP contribution >= 0.6 is 0 Å². The first-order chi connectivity index (χ1) is 17.4. The van der Waals surface area contributed by atoms with Gasteiger partial charge in [0.2, 0.25) is 5.92 Å². The van der Waals surface area contributed by atoms with Gasteiger partial charge in [0.25, 0.3) is 0 Å². The minimum atomic E-state index is -2.71. The van der Waals surface area contributed by atoms with E-state index in [0.717, 1.165) is 11.1 Å². The maximum Gasteiger partial charge on any atom is 0.335 e. The van der Waals surface area contributed by atoms with Crippen LogP contribution in [0.1, 0.15) is 58.8 Å². The number of aromatic carboxylic acids is 1. The molecular formula is C27H30BF2N3O4.